The largest absolute Gasteiger partial charge is 0.472 e. The number of amides is 2. The first-order valence-electron chi connectivity index (χ1n) is 8.42. The molecule has 1 aliphatic heterocycles. The Kier molecular flexibility index (Phi) is 4.31. The van der Waals surface area contributed by atoms with E-state index >= 15 is 0 Å². The van der Waals surface area contributed by atoms with E-state index in [9.17, 15) is 9.59 Å². The lowest BCUT2D eigenvalue weighted by molar-refractivity contribution is 0.0628. The number of nitrogens with one attached hydrogen (secondary N) is 1. The number of hydrogen-bond acceptors (Lipinski definition) is 4. The van der Waals surface area contributed by atoms with Crippen LogP contribution in [0.5, 0.6) is 0 Å². The minimum atomic E-state index is -0.215. The highest BCUT2D eigenvalue weighted by molar-refractivity contribution is 5.95. The zero-order valence-corrected chi connectivity index (χ0v) is 14.1. The summed E-state index contributed by atoms with van der Waals surface area (Å²) < 4.78 is 10.00. The van der Waals surface area contributed by atoms with Gasteiger partial charge in [0.05, 0.1) is 29.7 Å². The predicted molar refractivity (Wildman–Crippen MR) is 93.6 cm³/mol. The Labute approximate surface area is 150 Å². The monoisotopic (exact) mass is 350 g/mol. The molecule has 3 heterocycles. The first-order chi connectivity index (χ1) is 12.7. The zero-order valence-electron chi connectivity index (χ0n) is 14.1. The second-order valence-electron chi connectivity index (χ2n) is 6.29. The van der Waals surface area contributed by atoms with Crippen molar-refractivity contribution in [2.24, 2.45) is 0 Å². The summed E-state index contributed by atoms with van der Waals surface area (Å²) in [5, 5.41) is 2.90. The van der Waals surface area contributed by atoms with Gasteiger partial charge in [-0.05, 0) is 29.7 Å². The SMILES string of the molecule is O=C(NC[C@@H]1Cc2ccccc2CN1C(=O)c1ccoc1)c1ccoc1. The average Bonchev–Trinajstić information content (AvgIpc) is 3.38. The molecule has 0 fully saturated rings. The van der Waals surface area contributed by atoms with Gasteiger partial charge in [0.1, 0.15) is 12.5 Å². The van der Waals surface area contributed by atoms with Crippen LogP contribution in [0.2, 0.25) is 0 Å². The Morgan fingerprint density at radius 3 is 2.38 bits per heavy atom. The fourth-order valence-electron chi connectivity index (χ4n) is 3.27. The Morgan fingerprint density at radius 1 is 1.00 bits per heavy atom. The maximum atomic E-state index is 12.9. The summed E-state index contributed by atoms with van der Waals surface area (Å²) in [4.78, 5) is 26.9. The molecule has 0 saturated carbocycles. The molecule has 1 aromatic carbocycles. The Bertz CT molecular complexity index is 900. The van der Waals surface area contributed by atoms with Crippen molar-refractivity contribution in [3.8, 4) is 0 Å². The summed E-state index contributed by atoms with van der Waals surface area (Å²) in [6.45, 7) is 0.869. The zero-order chi connectivity index (χ0) is 17.9. The lowest BCUT2D eigenvalue weighted by atomic mass is 9.93. The van der Waals surface area contributed by atoms with Crippen LogP contribution in [-0.4, -0.2) is 29.3 Å². The minimum Gasteiger partial charge on any atom is -0.472 e. The fraction of sp³-hybridized carbons (Fsp3) is 0.200. The van der Waals surface area contributed by atoms with Crippen molar-refractivity contribution in [3.63, 3.8) is 0 Å². The number of rotatable bonds is 4. The molecular formula is C20H18N2O4. The van der Waals surface area contributed by atoms with E-state index in [0.717, 1.165) is 5.56 Å². The minimum absolute atomic E-state index is 0.101. The van der Waals surface area contributed by atoms with Gasteiger partial charge in [-0.15, -0.1) is 0 Å². The van der Waals surface area contributed by atoms with Crippen LogP contribution in [0.1, 0.15) is 31.8 Å². The molecule has 1 aliphatic rings. The van der Waals surface area contributed by atoms with Crippen LogP contribution in [0.4, 0.5) is 0 Å². The molecule has 2 amide bonds. The van der Waals surface area contributed by atoms with Crippen molar-refractivity contribution in [2.45, 2.75) is 19.0 Å². The maximum Gasteiger partial charge on any atom is 0.257 e. The van der Waals surface area contributed by atoms with Gasteiger partial charge in [0.25, 0.3) is 11.8 Å². The summed E-state index contributed by atoms with van der Waals surface area (Å²) in [5.74, 6) is -0.316. The van der Waals surface area contributed by atoms with Crippen LogP contribution >= 0.6 is 0 Å². The lowest BCUT2D eigenvalue weighted by Gasteiger charge is -2.37. The molecule has 132 valence electrons. The first-order valence-corrected chi connectivity index (χ1v) is 8.42. The molecular weight excluding hydrogens is 332 g/mol. The number of carbonyl (C=O) groups is 2. The normalized spacial score (nSPS) is 16.2. The topological polar surface area (TPSA) is 75.7 Å². The van der Waals surface area contributed by atoms with Gasteiger partial charge in [0.2, 0.25) is 0 Å². The second kappa shape index (κ2) is 6.92. The highest BCUT2D eigenvalue weighted by Gasteiger charge is 2.31. The van der Waals surface area contributed by atoms with Gasteiger partial charge in [-0.1, -0.05) is 24.3 Å². The third-order valence-corrected chi connectivity index (χ3v) is 4.67. The van der Waals surface area contributed by atoms with Crippen LogP contribution < -0.4 is 5.32 Å². The van der Waals surface area contributed by atoms with Crippen molar-refractivity contribution in [3.05, 3.63) is 83.7 Å². The molecule has 4 rings (SSSR count). The smallest absolute Gasteiger partial charge is 0.257 e. The molecule has 0 spiro atoms. The van der Waals surface area contributed by atoms with Crippen molar-refractivity contribution >= 4 is 11.8 Å². The van der Waals surface area contributed by atoms with E-state index in [-0.39, 0.29) is 17.9 Å². The molecule has 0 radical (unpaired) electrons. The quantitative estimate of drug-likeness (QED) is 0.785. The van der Waals surface area contributed by atoms with E-state index in [2.05, 4.69) is 11.4 Å². The van der Waals surface area contributed by atoms with Crippen molar-refractivity contribution < 1.29 is 18.4 Å². The lowest BCUT2D eigenvalue weighted by Crippen LogP contribution is -2.50. The number of hydrogen-bond donors (Lipinski definition) is 1. The van der Waals surface area contributed by atoms with Crippen LogP contribution in [0.3, 0.4) is 0 Å². The second-order valence-corrected chi connectivity index (χ2v) is 6.29. The van der Waals surface area contributed by atoms with E-state index in [1.54, 1.807) is 17.0 Å². The molecule has 6 heteroatoms. The predicted octanol–water partition coefficient (Wildman–Crippen LogP) is 2.87. The number of benzene rings is 1. The standard InChI is InChI=1S/C20H18N2O4/c23-19(16-5-7-25-12-16)21-10-18-9-14-3-1-2-4-15(14)11-22(18)20(24)17-6-8-26-13-17/h1-8,12-13,18H,9-11H2,(H,21,23)/t18-/m0/s1. The highest BCUT2D eigenvalue weighted by atomic mass is 16.3. The van der Waals surface area contributed by atoms with Crippen LogP contribution in [-0.2, 0) is 13.0 Å². The van der Waals surface area contributed by atoms with E-state index in [0.29, 0.717) is 30.6 Å². The fourth-order valence-corrected chi connectivity index (χ4v) is 3.27. The maximum absolute atomic E-state index is 12.9. The van der Waals surface area contributed by atoms with Gasteiger partial charge in [-0.3, -0.25) is 9.59 Å². The van der Waals surface area contributed by atoms with Crippen molar-refractivity contribution in [1.29, 1.82) is 0 Å². The Morgan fingerprint density at radius 2 is 1.69 bits per heavy atom. The van der Waals surface area contributed by atoms with Crippen LogP contribution in [0.25, 0.3) is 0 Å². The van der Waals surface area contributed by atoms with Crippen molar-refractivity contribution in [1.82, 2.24) is 10.2 Å². The molecule has 2 aromatic heterocycles. The molecule has 26 heavy (non-hydrogen) atoms. The van der Waals surface area contributed by atoms with E-state index in [1.165, 1.54) is 30.6 Å². The molecule has 6 nitrogen and oxygen atoms in total. The summed E-state index contributed by atoms with van der Waals surface area (Å²) in [5.41, 5.74) is 3.30. The van der Waals surface area contributed by atoms with E-state index in [4.69, 9.17) is 8.83 Å². The van der Waals surface area contributed by atoms with Gasteiger partial charge in [-0.25, -0.2) is 0 Å². The highest BCUT2D eigenvalue weighted by Crippen LogP contribution is 2.25. The first kappa shape index (κ1) is 16.2. The van der Waals surface area contributed by atoms with Gasteiger partial charge in [0.15, 0.2) is 0 Å². The van der Waals surface area contributed by atoms with E-state index in [1.807, 2.05) is 18.2 Å². The number of carbonyl (C=O) groups excluding carboxylic acids is 2. The molecule has 0 aliphatic carbocycles. The van der Waals surface area contributed by atoms with Gasteiger partial charge < -0.3 is 19.1 Å². The van der Waals surface area contributed by atoms with Crippen LogP contribution in [0, 0.1) is 0 Å². The molecule has 0 unspecified atom stereocenters. The third-order valence-electron chi connectivity index (χ3n) is 4.67. The molecule has 1 atom stereocenters. The summed E-state index contributed by atoms with van der Waals surface area (Å²) in [6.07, 6.45) is 6.48. The Balaban J connectivity index is 1.55. The molecule has 3 aromatic rings. The number of nitrogens with zero attached hydrogens (tertiary/aromatic N) is 1. The van der Waals surface area contributed by atoms with E-state index < -0.39 is 0 Å². The third kappa shape index (κ3) is 3.13. The van der Waals surface area contributed by atoms with Gasteiger partial charge >= 0.3 is 0 Å². The summed E-state index contributed by atoms with van der Waals surface area (Å²) in [6, 6.07) is 11.2. The number of fused-ring (bicyclic) bond motifs is 1. The summed E-state index contributed by atoms with van der Waals surface area (Å²) >= 11 is 0. The average molecular weight is 350 g/mol. The molecule has 1 N–H and O–H groups in total. The number of furan rings is 2. The summed E-state index contributed by atoms with van der Waals surface area (Å²) in [7, 11) is 0. The van der Waals surface area contributed by atoms with Gasteiger partial charge in [0, 0.05) is 13.1 Å². The molecule has 0 saturated heterocycles. The Hall–Kier alpha value is -3.28. The molecule has 0 bridgehead atoms. The van der Waals surface area contributed by atoms with Crippen LogP contribution in [0.15, 0.2) is 70.3 Å². The van der Waals surface area contributed by atoms with Gasteiger partial charge in [-0.2, -0.15) is 0 Å². The van der Waals surface area contributed by atoms with Crippen molar-refractivity contribution in [2.75, 3.05) is 6.54 Å².